The number of amides is 1. The van der Waals surface area contributed by atoms with Crippen molar-refractivity contribution >= 4 is 5.91 Å². The van der Waals surface area contributed by atoms with Gasteiger partial charge in [-0.2, -0.15) is 0 Å². The topological polar surface area (TPSA) is 67.6 Å². The lowest BCUT2D eigenvalue weighted by Gasteiger charge is -2.31. The fraction of sp³-hybridized carbons (Fsp3) is 0.929. The Morgan fingerprint density at radius 2 is 2.26 bits per heavy atom. The van der Waals surface area contributed by atoms with Crippen LogP contribution in [0.1, 0.15) is 33.1 Å². The maximum Gasteiger partial charge on any atom is 0.234 e. The first-order chi connectivity index (χ1) is 9.12. The summed E-state index contributed by atoms with van der Waals surface area (Å²) < 4.78 is 5.03. The quantitative estimate of drug-likeness (QED) is 0.678. The maximum atomic E-state index is 12.0. The van der Waals surface area contributed by atoms with E-state index in [0.29, 0.717) is 25.1 Å². The van der Waals surface area contributed by atoms with Crippen LogP contribution >= 0.6 is 0 Å². The van der Waals surface area contributed by atoms with Crippen LogP contribution < -0.4 is 11.1 Å². The SMILES string of the molecule is CCN(CC(=O)NC(C)COC)C1CCCC1CN. The van der Waals surface area contributed by atoms with Crippen molar-refractivity contribution in [3.8, 4) is 0 Å². The molecule has 1 rings (SSSR count). The third-order valence-corrected chi connectivity index (χ3v) is 3.97. The number of nitrogens with two attached hydrogens (primary N) is 1. The van der Waals surface area contributed by atoms with Gasteiger partial charge >= 0.3 is 0 Å². The zero-order valence-electron chi connectivity index (χ0n) is 12.5. The highest BCUT2D eigenvalue weighted by atomic mass is 16.5. The fourth-order valence-corrected chi connectivity index (χ4v) is 3.03. The molecule has 19 heavy (non-hydrogen) atoms. The van der Waals surface area contributed by atoms with Gasteiger partial charge in [0.2, 0.25) is 5.91 Å². The highest BCUT2D eigenvalue weighted by molar-refractivity contribution is 5.78. The van der Waals surface area contributed by atoms with E-state index >= 15 is 0 Å². The Morgan fingerprint density at radius 1 is 1.53 bits per heavy atom. The first kappa shape index (κ1) is 16.4. The molecule has 3 unspecified atom stereocenters. The van der Waals surface area contributed by atoms with E-state index in [1.807, 2.05) is 6.92 Å². The monoisotopic (exact) mass is 271 g/mol. The van der Waals surface area contributed by atoms with Gasteiger partial charge in [0.1, 0.15) is 0 Å². The number of ether oxygens (including phenoxy) is 1. The second-order valence-electron chi connectivity index (χ2n) is 5.48. The molecule has 1 saturated carbocycles. The van der Waals surface area contributed by atoms with E-state index in [2.05, 4.69) is 17.1 Å². The summed E-state index contributed by atoms with van der Waals surface area (Å²) in [4.78, 5) is 14.3. The van der Waals surface area contributed by atoms with Gasteiger partial charge in [-0.05, 0) is 38.8 Å². The van der Waals surface area contributed by atoms with Crippen LogP contribution in [0.15, 0.2) is 0 Å². The smallest absolute Gasteiger partial charge is 0.234 e. The van der Waals surface area contributed by atoms with Crippen molar-refractivity contribution in [2.75, 3.05) is 33.4 Å². The fourth-order valence-electron chi connectivity index (χ4n) is 3.03. The summed E-state index contributed by atoms with van der Waals surface area (Å²) in [7, 11) is 1.64. The molecule has 0 heterocycles. The number of methoxy groups -OCH3 is 1. The number of likely N-dealkylation sites (N-methyl/N-ethyl adjacent to an activating group) is 1. The molecule has 0 bridgehead atoms. The van der Waals surface area contributed by atoms with Gasteiger partial charge < -0.3 is 15.8 Å². The molecule has 0 aromatic heterocycles. The van der Waals surface area contributed by atoms with Crippen LogP contribution in [-0.4, -0.2) is 56.2 Å². The molecule has 3 atom stereocenters. The Labute approximate surface area is 116 Å². The van der Waals surface area contributed by atoms with Gasteiger partial charge in [0.25, 0.3) is 0 Å². The molecule has 5 heteroatoms. The van der Waals surface area contributed by atoms with Gasteiger partial charge in [-0.3, -0.25) is 9.69 Å². The minimum absolute atomic E-state index is 0.0603. The molecule has 1 aliphatic rings. The Balaban J connectivity index is 2.45. The third-order valence-electron chi connectivity index (χ3n) is 3.97. The predicted molar refractivity (Wildman–Crippen MR) is 76.9 cm³/mol. The van der Waals surface area contributed by atoms with E-state index < -0.39 is 0 Å². The van der Waals surface area contributed by atoms with Crippen LogP contribution in [0.3, 0.4) is 0 Å². The summed E-state index contributed by atoms with van der Waals surface area (Å²) in [6.45, 7) is 6.70. The van der Waals surface area contributed by atoms with E-state index in [1.54, 1.807) is 7.11 Å². The number of hydrogen-bond acceptors (Lipinski definition) is 4. The standard InChI is InChI=1S/C14H29N3O2/c1-4-17(13-7-5-6-12(13)8-15)9-14(18)16-11(2)10-19-3/h11-13H,4-10,15H2,1-3H3,(H,16,18). The van der Waals surface area contributed by atoms with Crippen molar-refractivity contribution in [3.05, 3.63) is 0 Å². The molecule has 112 valence electrons. The average Bonchev–Trinajstić information content (AvgIpc) is 2.84. The van der Waals surface area contributed by atoms with Gasteiger partial charge in [-0.25, -0.2) is 0 Å². The number of carbonyl (C=O) groups excluding carboxylic acids is 1. The summed E-state index contributed by atoms with van der Waals surface area (Å²) in [5.74, 6) is 0.623. The van der Waals surface area contributed by atoms with Crippen molar-refractivity contribution in [1.29, 1.82) is 0 Å². The highest BCUT2D eigenvalue weighted by Crippen LogP contribution is 2.28. The number of hydrogen-bond donors (Lipinski definition) is 2. The molecule has 0 aromatic carbocycles. The molecule has 5 nitrogen and oxygen atoms in total. The Kier molecular flexibility index (Phi) is 7.34. The lowest BCUT2D eigenvalue weighted by atomic mass is 10.0. The third kappa shape index (κ3) is 5.09. The van der Waals surface area contributed by atoms with E-state index in [4.69, 9.17) is 10.5 Å². The summed E-state index contributed by atoms with van der Waals surface area (Å²) in [5.41, 5.74) is 5.82. The molecular formula is C14H29N3O2. The Hall–Kier alpha value is -0.650. The molecule has 0 aromatic rings. The first-order valence-electron chi connectivity index (χ1n) is 7.34. The second kappa shape index (κ2) is 8.51. The molecule has 1 amide bonds. The van der Waals surface area contributed by atoms with Crippen molar-refractivity contribution < 1.29 is 9.53 Å². The van der Waals surface area contributed by atoms with Crippen molar-refractivity contribution in [1.82, 2.24) is 10.2 Å². The van der Waals surface area contributed by atoms with Crippen molar-refractivity contribution in [2.45, 2.75) is 45.2 Å². The minimum Gasteiger partial charge on any atom is -0.383 e. The van der Waals surface area contributed by atoms with Gasteiger partial charge in [0, 0.05) is 19.2 Å². The number of rotatable bonds is 8. The normalized spacial score (nSPS) is 24.7. The zero-order chi connectivity index (χ0) is 14.3. The number of nitrogens with one attached hydrogen (secondary N) is 1. The molecule has 3 N–H and O–H groups in total. The molecular weight excluding hydrogens is 242 g/mol. The lowest BCUT2D eigenvalue weighted by Crippen LogP contribution is -2.47. The van der Waals surface area contributed by atoms with E-state index in [-0.39, 0.29) is 11.9 Å². The van der Waals surface area contributed by atoms with Crippen LogP contribution in [0.25, 0.3) is 0 Å². The molecule has 0 radical (unpaired) electrons. The van der Waals surface area contributed by atoms with Crippen molar-refractivity contribution in [2.24, 2.45) is 11.7 Å². The minimum atomic E-state index is 0.0603. The summed E-state index contributed by atoms with van der Waals surface area (Å²) in [5, 5.41) is 2.97. The molecule has 0 aliphatic heterocycles. The molecule has 1 aliphatic carbocycles. The number of nitrogens with zero attached hydrogens (tertiary/aromatic N) is 1. The maximum absolute atomic E-state index is 12.0. The average molecular weight is 271 g/mol. The summed E-state index contributed by atoms with van der Waals surface area (Å²) >= 11 is 0. The van der Waals surface area contributed by atoms with Crippen LogP contribution in [0, 0.1) is 5.92 Å². The zero-order valence-corrected chi connectivity index (χ0v) is 12.5. The van der Waals surface area contributed by atoms with Crippen LogP contribution in [0.5, 0.6) is 0 Å². The van der Waals surface area contributed by atoms with Gasteiger partial charge in [0.05, 0.1) is 13.2 Å². The van der Waals surface area contributed by atoms with E-state index in [1.165, 1.54) is 12.8 Å². The van der Waals surface area contributed by atoms with Crippen LogP contribution in [0.4, 0.5) is 0 Å². The van der Waals surface area contributed by atoms with Gasteiger partial charge in [0.15, 0.2) is 0 Å². The van der Waals surface area contributed by atoms with Crippen molar-refractivity contribution in [3.63, 3.8) is 0 Å². The predicted octanol–water partition coefficient (Wildman–Crippen LogP) is 0.587. The van der Waals surface area contributed by atoms with E-state index in [9.17, 15) is 4.79 Å². The van der Waals surface area contributed by atoms with Crippen LogP contribution in [-0.2, 0) is 9.53 Å². The lowest BCUT2D eigenvalue weighted by molar-refractivity contribution is -0.123. The summed E-state index contributed by atoms with van der Waals surface area (Å²) in [6.07, 6.45) is 3.58. The van der Waals surface area contributed by atoms with Gasteiger partial charge in [-0.15, -0.1) is 0 Å². The van der Waals surface area contributed by atoms with Gasteiger partial charge in [-0.1, -0.05) is 13.3 Å². The number of carbonyl (C=O) groups is 1. The molecule has 1 fully saturated rings. The van der Waals surface area contributed by atoms with Crippen LogP contribution in [0.2, 0.25) is 0 Å². The Morgan fingerprint density at radius 3 is 2.84 bits per heavy atom. The summed E-state index contributed by atoms with van der Waals surface area (Å²) in [6, 6.07) is 0.531. The molecule has 0 spiro atoms. The highest BCUT2D eigenvalue weighted by Gasteiger charge is 2.31. The Bertz CT molecular complexity index is 273. The van der Waals surface area contributed by atoms with E-state index in [0.717, 1.165) is 19.5 Å². The first-order valence-corrected chi connectivity index (χ1v) is 7.34. The largest absolute Gasteiger partial charge is 0.383 e. The molecule has 0 saturated heterocycles. The second-order valence-corrected chi connectivity index (χ2v) is 5.48.